The lowest BCUT2D eigenvalue weighted by Crippen LogP contribution is -2.47. The normalized spacial score (nSPS) is 28.2. The Morgan fingerprint density at radius 2 is 2.12 bits per heavy atom. The van der Waals surface area contributed by atoms with Crippen LogP contribution in [0, 0.1) is 0 Å². The molecule has 0 amide bonds. The third-order valence-electron chi connectivity index (χ3n) is 3.08. The van der Waals surface area contributed by atoms with Gasteiger partial charge in [0.15, 0.2) is 0 Å². The second kappa shape index (κ2) is 6.86. The number of aliphatic hydroxyl groups excluding tert-OH is 1. The molecule has 94 valence electrons. The Morgan fingerprint density at radius 1 is 1.44 bits per heavy atom. The average Bonchev–Trinajstić information content (AvgIpc) is 2.45. The molecule has 3 atom stereocenters. The average molecular weight is 229 g/mol. The van der Waals surface area contributed by atoms with Crippen molar-refractivity contribution >= 4 is 5.97 Å². The lowest BCUT2D eigenvalue weighted by atomic mass is 10.1. The molecule has 1 aliphatic rings. The highest BCUT2D eigenvalue weighted by atomic mass is 16.5. The van der Waals surface area contributed by atoms with Crippen LogP contribution in [-0.2, 0) is 9.53 Å². The zero-order valence-corrected chi connectivity index (χ0v) is 10.2. The predicted octanol–water partition coefficient (Wildman–Crippen LogP) is 1.22. The summed E-state index contributed by atoms with van der Waals surface area (Å²) in [6, 6.07) is -0.306. The van der Waals surface area contributed by atoms with Crippen molar-refractivity contribution in [3.05, 3.63) is 0 Å². The van der Waals surface area contributed by atoms with Crippen LogP contribution in [0.1, 0.15) is 46.0 Å². The van der Waals surface area contributed by atoms with Gasteiger partial charge in [-0.05, 0) is 26.7 Å². The number of aliphatic hydroxyl groups is 1. The van der Waals surface area contributed by atoms with E-state index in [1.165, 1.54) is 6.42 Å². The summed E-state index contributed by atoms with van der Waals surface area (Å²) >= 11 is 0. The Labute approximate surface area is 97.4 Å². The summed E-state index contributed by atoms with van der Waals surface area (Å²) in [7, 11) is 0. The molecule has 4 nitrogen and oxygen atoms in total. The maximum atomic E-state index is 11.4. The van der Waals surface area contributed by atoms with Gasteiger partial charge >= 0.3 is 5.97 Å². The maximum Gasteiger partial charge on any atom is 0.322 e. The zero-order chi connectivity index (χ0) is 12.0. The predicted molar refractivity (Wildman–Crippen MR) is 62.1 cm³/mol. The molecular weight excluding hydrogens is 206 g/mol. The number of esters is 1. The molecule has 1 saturated carbocycles. The van der Waals surface area contributed by atoms with Crippen molar-refractivity contribution in [2.45, 2.75) is 64.1 Å². The molecule has 0 aromatic carbocycles. The van der Waals surface area contributed by atoms with Crippen LogP contribution in [0.15, 0.2) is 0 Å². The van der Waals surface area contributed by atoms with Gasteiger partial charge in [0.25, 0.3) is 0 Å². The van der Waals surface area contributed by atoms with Crippen molar-refractivity contribution in [3.63, 3.8) is 0 Å². The summed E-state index contributed by atoms with van der Waals surface area (Å²) in [6.45, 7) is 3.98. The Kier molecular flexibility index (Phi) is 5.77. The van der Waals surface area contributed by atoms with E-state index < -0.39 is 0 Å². The quantitative estimate of drug-likeness (QED) is 0.562. The SMILES string of the molecule is CCOC(=O)C(C)NC1CCCCCC1O. The van der Waals surface area contributed by atoms with Crippen molar-refractivity contribution in [2.75, 3.05) is 6.61 Å². The summed E-state index contributed by atoms with van der Waals surface area (Å²) < 4.78 is 4.93. The fourth-order valence-electron chi connectivity index (χ4n) is 2.14. The third-order valence-corrected chi connectivity index (χ3v) is 3.08. The standard InChI is InChI=1S/C12H23NO3/c1-3-16-12(15)9(2)13-10-7-5-4-6-8-11(10)14/h9-11,13-14H,3-8H2,1-2H3. The van der Waals surface area contributed by atoms with Gasteiger partial charge in [-0.3, -0.25) is 10.1 Å². The molecule has 1 aliphatic carbocycles. The van der Waals surface area contributed by atoms with E-state index in [1.807, 2.05) is 0 Å². The molecule has 0 heterocycles. The van der Waals surface area contributed by atoms with E-state index in [0.29, 0.717) is 6.61 Å². The first kappa shape index (κ1) is 13.5. The molecule has 3 unspecified atom stereocenters. The summed E-state index contributed by atoms with van der Waals surface area (Å²) in [5, 5.41) is 13.1. The summed E-state index contributed by atoms with van der Waals surface area (Å²) in [4.78, 5) is 11.4. The van der Waals surface area contributed by atoms with E-state index in [9.17, 15) is 9.90 Å². The minimum Gasteiger partial charge on any atom is -0.465 e. The van der Waals surface area contributed by atoms with E-state index in [-0.39, 0.29) is 24.2 Å². The van der Waals surface area contributed by atoms with E-state index >= 15 is 0 Å². The van der Waals surface area contributed by atoms with Crippen LogP contribution in [0.25, 0.3) is 0 Å². The Bertz CT molecular complexity index is 220. The highest BCUT2D eigenvalue weighted by Gasteiger charge is 2.25. The number of carbonyl (C=O) groups is 1. The van der Waals surface area contributed by atoms with Gasteiger partial charge in [0.05, 0.1) is 12.7 Å². The second-order valence-electron chi connectivity index (χ2n) is 4.45. The van der Waals surface area contributed by atoms with Crippen LogP contribution in [0.4, 0.5) is 0 Å². The van der Waals surface area contributed by atoms with E-state index in [0.717, 1.165) is 25.7 Å². The van der Waals surface area contributed by atoms with E-state index in [4.69, 9.17) is 4.74 Å². The zero-order valence-electron chi connectivity index (χ0n) is 10.2. The van der Waals surface area contributed by atoms with Gasteiger partial charge < -0.3 is 9.84 Å². The number of hydrogen-bond donors (Lipinski definition) is 2. The summed E-state index contributed by atoms with van der Waals surface area (Å²) in [5.41, 5.74) is 0. The van der Waals surface area contributed by atoms with Gasteiger partial charge in [0, 0.05) is 6.04 Å². The topological polar surface area (TPSA) is 58.6 Å². The number of nitrogens with one attached hydrogen (secondary N) is 1. The van der Waals surface area contributed by atoms with Crippen molar-refractivity contribution in [1.29, 1.82) is 0 Å². The van der Waals surface area contributed by atoms with Crippen molar-refractivity contribution < 1.29 is 14.6 Å². The minimum absolute atomic E-state index is 0.0295. The first-order valence-electron chi connectivity index (χ1n) is 6.26. The maximum absolute atomic E-state index is 11.4. The molecule has 1 rings (SSSR count). The lowest BCUT2D eigenvalue weighted by Gasteiger charge is -2.24. The summed E-state index contributed by atoms with van der Waals surface area (Å²) in [6.07, 6.45) is 4.79. The smallest absolute Gasteiger partial charge is 0.322 e. The van der Waals surface area contributed by atoms with Crippen LogP contribution < -0.4 is 5.32 Å². The number of hydrogen-bond acceptors (Lipinski definition) is 4. The number of rotatable bonds is 4. The molecule has 16 heavy (non-hydrogen) atoms. The van der Waals surface area contributed by atoms with Gasteiger partial charge in [-0.1, -0.05) is 19.3 Å². The van der Waals surface area contributed by atoms with Gasteiger partial charge in [-0.15, -0.1) is 0 Å². The van der Waals surface area contributed by atoms with Gasteiger partial charge in [0.1, 0.15) is 6.04 Å². The molecular formula is C12H23NO3. The Hall–Kier alpha value is -0.610. The monoisotopic (exact) mass is 229 g/mol. The summed E-state index contributed by atoms with van der Waals surface area (Å²) in [5.74, 6) is -0.237. The molecule has 2 N–H and O–H groups in total. The highest BCUT2D eigenvalue weighted by Crippen LogP contribution is 2.18. The van der Waals surface area contributed by atoms with E-state index in [1.54, 1.807) is 13.8 Å². The number of carbonyl (C=O) groups excluding carboxylic acids is 1. The molecule has 0 saturated heterocycles. The highest BCUT2D eigenvalue weighted by molar-refractivity contribution is 5.75. The third kappa shape index (κ3) is 4.10. The van der Waals surface area contributed by atoms with Gasteiger partial charge in [0.2, 0.25) is 0 Å². The largest absolute Gasteiger partial charge is 0.465 e. The number of ether oxygens (including phenoxy) is 1. The van der Waals surface area contributed by atoms with E-state index in [2.05, 4.69) is 5.32 Å². The molecule has 0 bridgehead atoms. The molecule has 1 fully saturated rings. The second-order valence-corrected chi connectivity index (χ2v) is 4.45. The lowest BCUT2D eigenvalue weighted by molar-refractivity contribution is -0.145. The van der Waals surface area contributed by atoms with Crippen LogP contribution in [0.2, 0.25) is 0 Å². The molecule has 0 aromatic heterocycles. The van der Waals surface area contributed by atoms with Crippen molar-refractivity contribution in [3.8, 4) is 0 Å². The first-order chi connectivity index (χ1) is 7.65. The molecule has 0 aliphatic heterocycles. The Balaban J connectivity index is 2.41. The van der Waals surface area contributed by atoms with Crippen molar-refractivity contribution in [1.82, 2.24) is 5.32 Å². The minimum atomic E-state index is -0.335. The van der Waals surface area contributed by atoms with Crippen LogP contribution in [-0.4, -0.2) is 35.9 Å². The Morgan fingerprint density at radius 3 is 2.81 bits per heavy atom. The molecule has 0 aromatic rings. The molecule has 0 spiro atoms. The van der Waals surface area contributed by atoms with Crippen LogP contribution in [0.5, 0.6) is 0 Å². The molecule has 0 radical (unpaired) electrons. The van der Waals surface area contributed by atoms with Gasteiger partial charge in [-0.25, -0.2) is 0 Å². The fraction of sp³-hybridized carbons (Fsp3) is 0.917. The van der Waals surface area contributed by atoms with Crippen molar-refractivity contribution in [2.24, 2.45) is 0 Å². The van der Waals surface area contributed by atoms with Crippen LogP contribution >= 0.6 is 0 Å². The fourth-order valence-corrected chi connectivity index (χ4v) is 2.14. The first-order valence-corrected chi connectivity index (χ1v) is 6.26. The van der Waals surface area contributed by atoms with Gasteiger partial charge in [-0.2, -0.15) is 0 Å². The molecule has 4 heteroatoms. The van der Waals surface area contributed by atoms with Crippen LogP contribution in [0.3, 0.4) is 0 Å².